The average Bonchev–Trinajstić information content (AvgIpc) is 2.68. The number of amides is 2. The minimum Gasteiger partial charge on any atom is -0.352 e. The van der Waals surface area contributed by atoms with Crippen LogP contribution in [0.4, 0.5) is 0 Å². The van der Waals surface area contributed by atoms with Crippen LogP contribution in [0.3, 0.4) is 0 Å². The van der Waals surface area contributed by atoms with E-state index in [9.17, 15) is 9.59 Å². The Morgan fingerprint density at radius 3 is 2.71 bits per heavy atom. The van der Waals surface area contributed by atoms with Gasteiger partial charge in [0.2, 0.25) is 11.8 Å². The molecule has 0 radical (unpaired) electrons. The first-order valence-corrected chi connectivity index (χ1v) is 7.21. The molecule has 0 bridgehead atoms. The molecule has 0 aromatic carbocycles. The van der Waals surface area contributed by atoms with Gasteiger partial charge >= 0.3 is 0 Å². The zero-order valence-electron chi connectivity index (χ0n) is 9.85. The van der Waals surface area contributed by atoms with Crippen LogP contribution in [0.15, 0.2) is 0 Å². The lowest BCUT2D eigenvalue weighted by Crippen LogP contribution is -2.45. The molecule has 1 saturated heterocycles. The third-order valence-electron chi connectivity index (χ3n) is 3.30. The first-order valence-electron chi connectivity index (χ1n) is 6.05. The molecule has 1 saturated carbocycles. The van der Waals surface area contributed by atoms with Gasteiger partial charge in [-0.1, -0.05) is 0 Å². The number of carbonyl (C=O) groups is 2. The van der Waals surface area contributed by atoms with Crippen LogP contribution in [0.5, 0.6) is 0 Å². The Morgan fingerprint density at radius 2 is 2.12 bits per heavy atom. The summed E-state index contributed by atoms with van der Waals surface area (Å²) in [4.78, 5) is 24.7. The summed E-state index contributed by atoms with van der Waals surface area (Å²) in [6, 6.07) is 0.535. The van der Waals surface area contributed by atoms with Crippen LogP contribution in [-0.2, 0) is 9.59 Å². The molecular weight excluding hydrogens is 238 g/mol. The van der Waals surface area contributed by atoms with Crippen molar-refractivity contribution in [1.82, 2.24) is 10.2 Å². The number of nitrogens with one attached hydrogen (secondary N) is 1. The van der Waals surface area contributed by atoms with E-state index in [1.165, 1.54) is 0 Å². The Hall–Kier alpha value is -0.750. The normalized spacial score (nSPS) is 29.5. The van der Waals surface area contributed by atoms with Gasteiger partial charge in [0.15, 0.2) is 0 Å². The highest BCUT2D eigenvalue weighted by molar-refractivity contribution is 8.00. The SMILES string of the molecule is NC1CCC(NC(=O)CN2CSCC2=O)CC1. The van der Waals surface area contributed by atoms with E-state index in [-0.39, 0.29) is 24.4 Å². The Kier molecular flexibility index (Phi) is 4.28. The molecule has 1 aliphatic carbocycles. The Bertz CT molecular complexity index is 303. The van der Waals surface area contributed by atoms with Crippen LogP contribution in [-0.4, -0.2) is 47.0 Å². The number of carbonyl (C=O) groups excluding carboxylic acids is 2. The Balaban J connectivity index is 1.72. The minimum atomic E-state index is -0.0404. The predicted octanol–water partition coefficient (Wildman–Crippen LogP) is -0.0946. The molecular formula is C11H19N3O2S. The lowest BCUT2D eigenvalue weighted by Gasteiger charge is -2.27. The van der Waals surface area contributed by atoms with Gasteiger partial charge in [-0.3, -0.25) is 9.59 Å². The van der Waals surface area contributed by atoms with Crippen LogP contribution in [0.2, 0.25) is 0 Å². The molecule has 2 amide bonds. The Morgan fingerprint density at radius 1 is 1.41 bits per heavy atom. The second-order valence-electron chi connectivity index (χ2n) is 4.75. The second kappa shape index (κ2) is 5.73. The van der Waals surface area contributed by atoms with Crippen LogP contribution in [0.1, 0.15) is 25.7 Å². The molecule has 96 valence electrons. The van der Waals surface area contributed by atoms with Gasteiger partial charge in [0, 0.05) is 12.1 Å². The molecule has 5 nitrogen and oxygen atoms in total. The van der Waals surface area contributed by atoms with Crippen LogP contribution in [0, 0.1) is 0 Å². The van der Waals surface area contributed by atoms with Crippen LogP contribution in [0.25, 0.3) is 0 Å². The van der Waals surface area contributed by atoms with Crippen molar-refractivity contribution in [3.63, 3.8) is 0 Å². The fourth-order valence-corrected chi connectivity index (χ4v) is 3.15. The monoisotopic (exact) mass is 257 g/mol. The first kappa shape index (κ1) is 12.7. The smallest absolute Gasteiger partial charge is 0.239 e. The molecule has 17 heavy (non-hydrogen) atoms. The zero-order chi connectivity index (χ0) is 12.3. The number of rotatable bonds is 3. The lowest BCUT2D eigenvalue weighted by molar-refractivity contribution is -0.132. The lowest BCUT2D eigenvalue weighted by atomic mass is 9.92. The van der Waals surface area contributed by atoms with Gasteiger partial charge in [-0.2, -0.15) is 0 Å². The van der Waals surface area contributed by atoms with Crippen molar-refractivity contribution >= 4 is 23.6 Å². The highest BCUT2D eigenvalue weighted by atomic mass is 32.2. The van der Waals surface area contributed by atoms with Crippen molar-refractivity contribution in [3.8, 4) is 0 Å². The molecule has 3 N–H and O–H groups in total. The summed E-state index contributed by atoms with van der Waals surface area (Å²) < 4.78 is 0. The first-order chi connectivity index (χ1) is 8.15. The quantitative estimate of drug-likeness (QED) is 0.740. The highest BCUT2D eigenvalue weighted by Gasteiger charge is 2.25. The Labute approximate surface area is 105 Å². The van der Waals surface area contributed by atoms with Crippen molar-refractivity contribution in [1.29, 1.82) is 0 Å². The van der Waals surface area contributed by atoms with Crippen molar-refractivity contribution in [2.45, 2.75) is 37.8 Å². The maximum atomic E-state index is 11.7. The van der Waals surface area contributed by atoms with E-state index < -0.39 is 0 Å². The van der Waals surface area contributed by atoms with Gasteiger partial charge in [-0.15, -0.1) is 11.8 Å². The fourth-order valence-electron chi connectivity index (χ4n) is 2.25. The standard InChI is InChI=1S/C11H19N3O2S/c12-8-1-3-9(4-2-8)13-10(15)5-14-7-17-6-11(14)16/h8-9H,1-7,12H2,(H,13,15). The second-order valence-corrected chi connectivity index (χ2v) is 5.70. The summed E-state index contributed by atoms with van der Waals surface area (Å²) in [5.74, 6) is 1.17. The summed E-state index contributed by atoms with van der Waals surface area (Å²) in [6.45, 7) is 0.203. The molecule has 1 heterocycles. The summed E-state index contributed by atoms with van der Waals surface area (Å²) in [5.41, 5.74) is 5.81. The van der Waals surface area contributed by atoms with E-state index in [1.54, 1.807) is 16.7 Å². The number of hydrogen-bond donors (Lipinski definition) is 2. The molecule has 0 atom stereocenters. The average molecular weight is 257 g/mol. The van der Waals surface area contributed by atoms with E-state index in [2.05, 4.69) is 5.32 Å². The van der Waals surface area contributed by atoms with Crippen molar-refractivity contribution < 1.29 is 9.59 Å². The van der Waals surface area contributed by atoms with Gasteiger partial charge in [-0.25, -0.2) is 0 Å². The maximum absolute atomic E-state index is 11.7. The van der Waals surface area contributed by atoms with Gasteiger partial charge in [0.25, 0.3) is 0 Å². The summed E-state index contributed by atoms with van der Waals surface area (Å²) in [7, 11) is 0. The molecule has 6 heteroatoms. The number of thioether (sulfide) groups is 1. The fraction of sp³-hybridized carbons (Fsp3) is 0.818. The van der Waals surface area contributed by atoms with Gasteiger partial charge < -0.3 is 16.0 Å². The third kappa shape index (κ3) is 3.61. The van der Waals surface area contributed by atoms with Gasteiger partial charge in [0.1, 0.15) is 6.54 Å². The molecule has 2 aliphatic rings. The number of hydrogen-bond acceptors (Lipinski definition) is 4. The van der Waals surface area contributed by atoms with Crippen molar-refractivity contribution in [3.05, 3.63) is 0 Å². The molecule has 0 unspecified atom stereocenters. The molecule has 0 aromatic rings. The van der Waals surface area contributed by atoms with Crippen LogP contribution >= 0.6 is 11.8 Å². The summed E-state index contributed by atoms with van der Waals surface area (Å²) in [5, 5.41) is 2.99. The predicted molar refractivity (Wildman–Crippen MR) is 67.4 cm³/mol. The van der Waals surface area contributed by atoms with Crippen molar-refractivity contribution in [2.24, 2.45) is 5.73 Å². The molecule has 1 aliphatic heterocycles. The molecule has 0 aromatic heterocycles. The van der Waals surface area contributed by atoms with E-state index in [1.807, 2.05) is 0 Å². The van der Waals surface area contributed by atoms with E-state index in [0.717, 1.165) is 25.7 Å². The zero-order valence-corrected chi connectivity index (χ0v) is 10.7. The topological polar surface area (TPSA) is 75.4 Å². The molecule has 0 spiro atoms. The van der Waals surface area contributed by atoms with E-state index in [0.29, 0.717) is 17.7 Å². The number of nitrogens with zero attached hydrogens (tertiary/aromatic N) is 1. The maximum Gasteiger partial charge on any atom is 0.239 e. The third-order valence-corrected chi connectivity index (χ3v) is 4.24. The van der Waals surface area contributed by atoms with Gasteiger partial charge in [-0.05, 0) is 25.7 Å². The summed E-state index contributed by atoms with van der Waals surface area (Å²) in [6.07, 6.45) is 3.86. The molecule has 2 rings (SSSR count). The molecule has 2 fully saturated rings. The largest absolute Gasteiger partial charge is 0.352 e. The van der Waals surface area contributed by atoms with Gasteiger partial charge in [0.05, 0.1) is 11.6 Å². The van der Waals surface area contributed by atoms with Crippen LogP contribution < -0.4 is 11.1 Å². The van der Waals surface area contributed by atoms with E-state index >= 15 is 0 Å². The van der Waals surface area contributed by atoms with Crippen molar-refractivity contribution in [2.75, 3.05) is 18.2 Å². The number of nitrogens with two attached hydrogens (primary N) is 1. The highest BCUT2D eigenvalue weighted by Crippen LogP contribution is 2.17. The minimum absolute atomic E-state index is 0.0404. The summed E-state index contributed by atoms with van der Waals surface area (Å²) >= 11 is 1.56. The van der Waals surface area contributed by atoms with E-state index in [4.69, 9.17) is 5.73 Å².